The highest BCUT2D eigenvalue weighted by Gasteiger charge is 2.10. The van der Waals surface area contributed by atoms with Crippen molar-refractivity contribution in [3.05, 3.63) is 0 Å². The van der Waals surface area contributed by atoms with E-state index in [-0.39, 0.29) is 0 Å². The fourth-order valence-corrected chi connectivity index (χ4v) is 0. The average Bonchev–Trinajstić information content (AvgIpc) is 1.36. The van der Waals surface area contributed by atoms with E-state index in [1.165, 1.54) is 0 Å². The molecule has 0 fully saturated rings. The van der Waals surface area contributed by atoms with Gasteiger partial charge in [-0.1, -0.05) is 15.9 Å². The Hall–Kier alpha value is 0.300. The van der Waals surface area contributed by atoms with Crippen LogP contribution in [0.15, 0.2) is 0 Å². The number of aliphatic hydroxyl groups is 1. The SMILES string of the molecule is OC(Br)C(F)F. The van der Waals surface area contributed by atoms with Crippen LogP contribution in [-0.2, 0) is 0 Å². The number of aliphatic hydroxyl groups excluding tert-OH is 1. The van der Waals surface area contributed by atoms with Crippen LogP contribution < -0.4 is 0 Å². The third-order valence-corrected chi connectivity index (χ3v) is 0.608. The van der Waals surface area contributed by atoms with Crippen LogP contribution in [0.1, 0.15) is 0 Å². The minimum Gasteiger partial charge on any atom is -0.376 e. The molecule has 4 heteroatoms. The predicted octanol–water partition coefficient (Wildman–Crippen LogP) is 0.965. The molecule has 0 saturated carbocycles. The van der Waals surface area contributed by atoms with Gasteiger partial charge in [-0.3, -0.25) is 0 Å². The zero-order chi connectivity index (χ0) is 5.15. The molecule has 0 radical (unpaired) electrons. The van der Waals surface area contributed by atoms with Crippen LogP contribution in [0.25, 0.3) is 0 Å². The first kappa shape index (κ1) is 6.30. The fraction of sp³-hybridized carbons (Fsp3) is 1.00. The summed E-state index contributed by atoms with van der Waals surface area (Å²) in [5.41, 5.74) is 0. The standard InChI is InChI=1S/C2H3BrF2O/c3-1(6)2(4)5/h1-2,6H. The van der Waals surface area contributed by atoms with Crippen molar-refractivity contribution in [1.82, 2.24) is 0 Å². The Morgan fingerprint density at radius 3 is 1.67 bits per heavy atom. The molecule has 1 N–H and O–H groups in total. The van der Waals surface area contributed by atoms with E-state index in [2.05, 4.69) is 15.9 Å². The topological polar surface area (TPSA) is 20.2 Å². The number of hydrogen-bond donors (Lipinski definition) is 1. The van der Waals surface area contributed by atoms with Gasteiger partial charge in [0.2, 0.25) is 0 Å². The van der Waals surface area contributed by atoms with Gasteiger partial charge in [-0.15, -0.1) is 0 Å². The number of hydrogen-bond acceptors (Lipinski definition) is 1. The summed E-state index contributed by atoms with van der Waals surface area (Å²) in [6, 6.07) is 0. The summed E-state index contributed by atoms with van der Waals surface area (Å²) in [6.45, 7) is 0. The predicted molar refractivity (Wildman–Crippen MR) is 20.9 cm³/mol. The summed E-state index contributed by atoms with van der Waals surface area (Å²) in [4.78, 5) is 0. The van der Waals surface area contributed by atoms with Gasteiger partial charge in [-0.2, -0.15) is 0 Å². The molecule has 0 amide bonds. The summed E-state index contributed by atoms with van der Waals surface area (Å²) in [6.07, 6.45) is -2.68. The Morgan fingerprint density at radius 1 is 1.50 bits per heavy atom. The number of alkyl halides is 3. The molecule has 1 nitrogen and oxygen atoms in total. The van der Waals surface area contributed by atoms with Gasteiger partial charge in [0.25, 0.3) is 6.43 Å². The van der Waals surface area contributed by atoms with Crippen molar-refractivity contribution in [3.63, 3.8) is 0 Å². The molecule has 0 aliphatic carbocycles. The van der Waals surface area contributed by atoms with Crippen LogP contribution in [0, 0.1) is 0 Å². The molecule has 0 bridgehead atoms. The lowest BCUT2D eigenvalue weighted by atomic mass is 10.8. The molecule has 0 aromatic carbocycles. The number of halogens is 3. The lowest BCUT2D eigenvalue weighted by Gasteiger charge is -1.94. The number of rotatable bonds is 1. The van der Waals surface area contributed by atoms with E-state index in [1.807, 2.05) is 0 Å². The van der Waals surface area contributed by atoms with Gasteiger partial charge in [-0.05, 0) is 0 Å². The van der Waals surface area contributed by atoms with E-state index in [9.17, 15) is 8.78 Å². The molecular weight excluding hydrogens is 158 g/mol. The molecule has 0 saturated heterocycles. The van der Waals surface area contributed by atoms with Crippen LogP contribution in [0.5, 0.6) is 0 Å². The van der Waals surface area contributed by atoms with E-state index in [0.29, 0.717) is 0 Å². The van der Waals surface area contributed by atoms with Gasteiger partial charge in [0, 0.05) is 0 Å². The van der Waals surface area contributed by atoms with E-state index < -0.39 is 11.4 Å². The van der Waals surface area contributed by atoms with Crippen molar-refractivity contribution in [2.45, 2.75) is 11.4 Å². The monoisotopic (exact) mass is 160 g/mol. The molecule has 0 aromatic rings. The van der Waals surface area contributed by atoms with Crippen molar-refractivity contribution in [1.29, 1.82) is 0 Å². The maximum absolute atomic E-state index is 10.9. The van der Waals surface area contributed by atoms with Crippen LogP contribution in [0.3, 0.4) is 0 Å². The van der Waals surface area contributed by atoms with Crippen molar-refractivity contribution in [3.8, 4) is 0 Å². The van der Waals surface area contributed by atoms with Crippen LogP contribution in [0.2, 0.25) is 0 Å². The van der Waals surface area contributed by atoms with Crippen molar-refractivity contribution in [2.24, 2.45) is 0 Å². The smallest absolute Gasteiger partial charge is 0.273 e. The van der Waals surface area contributed by atoms with Gasteiger partial charge in [0.1, 0.15) is 0 Å². The quantitative estimate of drug-likeness (QED) is 0.568. The highest BCUT2D eigenvalue weighted by molar-refractivity contribution is 9.09. The molecule has 0 aromatic heterocycles. The normalized spacial score (nSPS) is 15.5. The van der Waals surface area contributed by atoms with Gasteiger partial charge < -0.3 is 5.11 Å². The molecular formula is C2H3BrF2O. The van der Waals surface area contributed by atoms with Crippen LogP contribution in [0.4, 0.5) is 8.78 Å². The first-order valence-electron chi connectivity index (χ1n) is 1.25. The Kier molecular flexibility index (Phi) is 2.59. The highest BCUT2D eigenvalue weighted by atomic mass is 79.9. The second-order valence-corrected chi connectivity index (χ2v) is 1.65. The van der Waals surface area contributed by atoms with E-state index >= 15 is 0 Å². The Labute approximate surface area is 42.1 Å². The minimum atomic E-state index is -2.68. The highest BCUT2D eigenvalue weighted by Crippen LogP contribution is 2.05. The fourth-order valence-electron chi connectivity index (χ4n) is 0. The van der Waals surface area contributed by atoms with E-state index in [0.717, 1.165) is 0 Å². The molecule has 38 valence electrons. The largest absolute Gasteiger partial charge is 0.376 e. The molecule has 0 aliphatic heterocycles. The zero-order valence-electron chi connectivity index (χ0n) is 2.74. The maximum atomic E-state index is 10.9. The Morgan fingerprint density at radius 2 is 1.67 bits per heavy atom. The van der Waals surface area contributed by atoms with Gasteiger partial charge >= 0.3 is 0 Å². The molecule has 0 aliphatic rings. The molecule has 0 spiro atoms. The van der Waals surface area contributed by atoms with E-state index in [4.69, 9.17) is 5.11 Å². The van der Waals surface area contributed by atoms with Gasteiger partial charge in [-0.25, -0.2) is 8.78 Å². The van der Waals surface area contributed by atoms with Crippen LogP contribution >= 0.6 is 15.9 Å². The molecule has 6 heavy (non-hydrogen) atoms. The van der Waals surface area contributed by atoms with Crippen molar-refractivity contribution >= 4 is 15.9 Å². The Balaban J connectivity index is 2.99. The van der Waals surface area contributed by atoms with Crippen molar-refractivity contribution < 1.29 is 13.9 Å². The first-order valence-corrected chi connectivity index (χ1v) is 2.16. The zero-order valence-corrected chi connectivity index (χ0v) is 4.32. The molecule has 1 atom stereocenters. The Bertz CT molecular complexity index is 32.5. The second kappa shape index (κ2) is 2.47. The molecule has 1 unspecified atom stereocenters. The lowest BCUT2D eigenvalue weighted by molar-refractivity contribution is 0.0522. The summed E-state index contributed by atoms with van der Waals surface area (Å²) in [7, 11) is 0. The van der Waals surface area contributed by atoms with E-state index in [1.54, 1.807) is 0 Å². The summed E-state index contributed by atoms with van der Waals surface area (Å²) >= 11 is 2.24. The molecule has 0 heterocycles. The third kappa shape index (κ3) is 2.53. The average molecular weight is 161 g/mol. The third-order valence-electron chi connectivity index (χ3n) is 0.208. The van der Waals surface area contributed by atoms with Gasteiger partial charge in [0.05, 0.1) is 0 Å². The minimum absolute atomic E-state index is 1.67. The van der Waals surface area contributed by atoms with Crippen LogP contribution in [-0.4, -0.2) is 16.5 Å². The molecule has 0 rings (SSSR count). The van der Waals surface area contributed by atoms with Gasteiger partial charge in [0.15, 0.2) is 5.01 Å². The summed E-state index contributed by atoms with van der Waals surface area (Å²) in [5, 5.41) is 6.13. The summed E-state index contributed by atoms with van der Waals surface area (Å²) < 4.78 is 21.7. The maximum Gasteiger partial charge on any atom is 0.273 e. The van der Waals surface area contributed by atoms with Crippen molar-refractivity contribution in [2.75, 3.05) is 0 Å². The first-order chi connectivity index (χ1) is 2.64. The summed E-state index contributed by atoms with van der Waals surface area (Å²) in [5.74, 6) is 0. The lowest BCUT2D eigenvalue weighted by Crippen LogP contribution is -2.06. The second-order valence-electron chi connectivity index (χ2n) is 0.707.